The Labute approximate surface area is 199 Å². The summed E-state index contributed by atoms with van der Waals surface area (Å²) in [5.41, 5.74) is -0.608. The maximum absolute atomic E-state index is 13.4. The average Bonchev–Trinajstić information content (AvgIpc) is 3.09. The van der Waals surface area contributed by atoms with Crippen LogP contribution in [0.15, 0.2) is 17.3 Å². The first-order valence-electron chi connectivity index (χ1n) is 11.8. The highest BCUT2D eigenvalue weighted by molar-refractivity contribution is 7.99. The number of aromatic nitrogens is 2. The first-order valence-corrected chi connectivity index (χ1v) is 12.7. The van der Waals surface area contributed by atoms with Gasteiger partial charge in [-0.1, -0.05) is 13.8 Å². The van der Waals surface area contributed by atoms with E-state index in [9.17, 15) is 14.7 Å². The Balaban J connectivity index is 1.52. The molecule has 4 fully saturated rings. The van der Waals surface area contributed by atoms with Gasteiger partial charge in [0.25, 0.3) is 5.91 Å². The lowest BCUT2D eigenvalue weighted by Gasteiger charge is -2.58. The molecule has 4 saturated carbocycles. The standard InChI is InChI=1S/C24H36N4O4S/c1-14(2)33-21-18(13-25-28(21)7-6-23(3,4)27-22(30)32-5)20(29)26-19-16-8-15-9-17(19)12-24(31,10-15)11-16/h6-7,13-17,19,31H,8-12H2,1-5H3,(H,26,29)(H,27,30)/b7-6+/t15?,16?,17?,19-,24-. The van der Waals surface area contributed by atoms with Crippen LogP contribution in [0.2, 0.25) is 0 Å². The number of amides is 2. The number of thioether (sulfide) groups is 1. The molecular formula is C24H36N4O4S. The fourth-order valence-electron chi connectivity index (χ4n) is 6.01. The second kappa shape index (κ2) is 8.98. The van der Waals surface area contributed by atoms with Crippen LogP contribution in [0.25, 0.3) is 6.20 Å². The van der Waals surface area contributed by atoms with Crippen molar-refractivity contribution in [3.63, 3.8) is 0 Å². The molecule has 1 aromatic heterocycles. The van der Waals surface area contributed by atoms with Crippen molar-refractivity contribution < 1.29 is 19.4 Å². The lowest BCUT2D eigenvalue weighted by atomic mass is 9.52. The molecule has 182 valence electrons. The van der Waals surface area contributed by atoms with Crippen LogP contribution in [0, 0.1) is 17.8 Å². The van der Waals surface area contributed by atoms with E-state index >= 15 is 0 Å². The minimum Gasteiger partial charge on any atom is -0.453 e. The summed E-state index contributed by atoms with van der Waals surface area (Å²) in [5.74, 6) is 1.20. The second-order valence-corrected chi connectivity index (χ2v) is 12.4. The van der Waals surface area contributed by atoms with E-state index in [-0.39, 0.29) is 17.2 Å². The predicted molar refractivity (Wildman–Crippen MR) is 128 cm³/mol. The molecule has 0 aliphatic heterocycles. The summed E-state index contributed by atoms with van der Waals surface area (Å²) in [4.78, 5) is 25.0. The van der Waals surface area contributed by atoms with E-state index in [1.54, 1.807) is 28.8 Å². The van der Waals surface area contributed by atoms with E-state index in [1.807, 2.05) is 19.9 Å². The molecule has 0 saturated heterocycles. The minimum absolute atomic E-state index is 0.103. The highest BCUT2D eigenvalue weighted by Crippen LogP contribution is 2.55. The van der Waals surface area contributed by atoms with E-state index in [4.69, 9.17) is 0 Å². The Hall–Kier alpha value is -2.00. The normalized spacial score (nSPS) is 30.8. The van der Waals surface area contributed by atoms with Crippen LogP contribution < -0.4 is 10.6 Å². The fourth-order valence-corrected chi connectivity index (χ4v) is 6.95. The van der Waals surface area contributed by atoms with Gasteiger partial charge in [-0.05, 0) is 69.8 Å². The summed E-state index contributed by atoms with van der Waals surface area (Å²) in [7, 11) is 1.33. The number of carbonyl (C=O) groups excluding carboxylic acids is 2. The maximum atomic E-state index is 13.4. The molecular weight excluding hydrogens is 440 g/mol. The van der Waals surface area contributed by atoms with E-state index < -0.39 is 17.2 Å². The van der Waals surface area contributed by atoms with Gasteiger partial charge in [0.05, 0.1) is 30.0 Å². The van der Waals surface area contributed by atoms with Crippen LogP contribution in [-0.2, 0) is 4.74 Å². The molecule has 5 rings (SSSR count). The van der Waals surface area contributed by atoms with Crippen LogP contribution in [0.5, 0.6) is 0 Å². The number of nitrogens with zero attached hydrogens (tertiary/aromatic N) is 2. The third kappa shape index (κ3) is 5.24. The van der Waals surface area contributed by atoms with Gasteiger partial charge in [0, 0.05) is 17.5 Å². The number of aliphatic hydroxyl groups is 1. The van der Waals surface area contributed by atoms with Crippen molar-refractivity contribution in [3.05, 3.63) is 17.8 Å². The number of rotatable bonds is 7. The molecule has 33 heavy (non-hydrogen) atoms. The first-order chi connectivity index (χ1) is 15.5. The smallest absolute Gasteiger partial charge is 0.407 e. The molecule has 0 spiro atoms. The molecule has 9 heteroatoms. The highest BCUT2D eigenvalue weighted by Gasteiger charge is 2.55. The monoisotopic (exact) mass is 476 g/mol. The third-order valence-corrected chi connectivity index (χ3v) is 8.22. The van der Waals surface area contributed by atoms with Gasteiger partial charge in [0.15, 0.2) is 0 Å². The molecule has 4 aliphatic carbocycles. The summed E-state index contributed by atoms with van der Waals surface area (Å²) in [6.45, 7) is 7.86. The van der Waals surface area contributed by atoms with Crippen molar-refractivity contribution in [1.29, 1.82) is 0 Å². The lowest BCUT2D eigenvalue weighted by molar-refractivity contribution is -0.136. The van der Waals surface area contributed by atoms with Gasteiger partial charge in [0.1, 0.15) is 5.03 Å². The van der Waals surface area contributed by atoms with Gasteiger partial charge in [-0.2, -0.15) is 5.10 Å². The molecule has 4 bridgehead atoms. The molecule has 3 N–H and O–H groups in total. The predicted octanol–water partition coefficient (Wildman–Crippen LogP) is 3.66. The van der Waals surface area contributed by atoms with E-state index in [2.05, 4.69) is 34.3 Å². The number of methoxy groups -OCH3 is 1. The summed E-state index contributed by atoms with van der Waals surface area (Å²) in [6, 6.07) is 0.119. The number of alkyl carbamates (subject to hydrolysis) is 1. The largest absolute Gasteiger partial charge is 0.453 e. The Morgan fingerprint density at radius 1 is 1.30 bits per heavy atom. The van der Waals surface area contributed by atoms with Gasteiger partial charge >= 0.3 is 6.09 Å². The number of hydrogen-bond donors (Lipinski definition) is 3. The van der Waals surface area contributed by atoms with Crippen LogP contribution in [0.4, 0.5) is 4.79 Å². The zero-order valence-corrected chi connectivity index (χ0v) is 20.9. The summed E-state index contributed by atoms with van der Waals surface area (Å²) < 4.78 is 6.38. The van der Waals surface area contributed by atoms with Gasteiger partial charge in [-0.25, -0.2) is 9.48 Å². The SMILES string of the molecule is COC(=O)NC(C)(C)/C=C/n1ncc(C(=O)N[C@H]2C3CC4CC2C[C@](O)(C4)C3)c1SC(C)C. The number of carbonyl (C=O) groups is 2. The van der Waals surface area contributed by atoms with Crippen molar-refractivity contribution in [1.82, 2.24) is 20.4 Å². The van der Waals surface area contributed by atoms with Crippen LogP contribution in [0.3, 0.4) is 0 Å². The lowest BCUT2D eigenvalue weighted by Crippen LogP contribution is -2.61. The molecule has 2 unspecified atom stereocenters. The van der Waals surface area contributed by atoms with Crippen molar-refractivity contribution in [3.8, 4) is 0 Å². The summed E-state index contributed by atoms with van der Waals surface area (Å²) in [6.07, 6.45) is 9.42. The molecule has 4 aliphatic rings. The molecule has 1 aromatic rings. The van der Waals surface area contributed by atoms with Gasteiger partial charge in [-0.15, -0.1) is 11.8 Å². The highest BCUT2D eigenvalue weighted by atomic mass is 32.2. The molecule has 0 radical (unpaired) electrons. The van der Waals surface area contributed by atoms with Gasteiger partial charge < -0.3 is 20.5 Å². The van der Waals surface area contributed by atoms with Crippen LogP contribution in [0.1, 0.15) is 70.2 Å². The quantitative estimate of drug-likeness (QED) is 0.519. The number of nitrogens with one attached hydrogen (secondary N) is 2. The Morgan fingerprint density at radius 3 is 2.55 bits per heavy atom. The van der Waals surface area contributed by atoms with Gasteiger partial charge in [0.2, 0.25) is 0 Å². The topological polar surface area (TPSA) is 105 Å². The molecule has 2 atom stereocenters. The van der Waals surface area contributed by atoms with Crippen molar-refractivity contribution in [2.24, 2.45) is 17.8 Å². The van der Waals surface area contributed by atoms with E-state index in [1.165, 1.54) is 7.11 Å². The molecule has 1 heterocycles. The minimum atomic E-state index is -0.651. The zero-order valence-electron chi connectivity index (χ0n) is 20.1. The van der Waals surface area contributed by atoms with Crippen LogP contribution in [-0.4, -0.2) is 56.4 Å². The second-order valence-electron chi connectivity index (χ2n) is 10.8. The first kappa shape index (κ1) is 24.1. The fraction of sp³-hybridized carbons (Fsp3) is 0.708. The van der Waals surface area contributed by atoms with E-state index in [0.717, 1.165) is 37.1 Å². The molecule has 2 amide bonds. The zero-order chi connectivity index (χ0) is 24.0. The van der Waals surface area contributed by atoms with Crippen molar-refractivity contribution >= 4 is 30.0 Å². The van der Waals surface area contributed by atoms with Gasteiger partial charge in [-0.3, -0.25) is 4.79 Å². The Morgan fingerprint density at radius 2 is 1.97 bits per heavy atom. The van der Waals surface area contributed by atoms with Crippen LogP contribution >= 0.6 is 11.8 Å². The third-order valence-electron chi connectivity index (χ3n) is 7.12. The molecule has 0 aromatic carbocycles. The molecule has 8 nitrogen and oxygen atoms in total. The maximum Gasteiger partial charge on any atom is 0.407 e. The number of hydrogen-bond acceptors (Lipinski definition) is 6. The van der Waals surface area contributed by atoms with E-state index in [0.29, 0.717) is 23.3 Å². The Bertz CT molecular complexity index is 925. The van der Waals surface area contributed by atoms with Crippen molar-refractivity contribution in [2.45, 2.75) is 87.3 Å². The Kier molecular flexibility index (Phi) is 6.57. The average molecular weight is 477 g/mol. The van der Waals surface area contributed by atoms with Crippen molar-refractivity contribution in [2.75, 3.05) is 7.11 Å². The summed E-state index contributed by atoms with van der Waals surface area (Å²) >= 11 is 1.58. The number of ether oxygens (including phenoxy) is 1. The summed E-state index contributed by atoms with van der Waals surface area (Å²) in [5, 5.41) is 22.4.